The third-order valence-electron chi connectivity index (χ3n) is 5.42. The maximum Gasteiger partial charge on any atom is 0.0576 e. The van der Waals surface area contributed by atoms with Crippen molar-refractivity contribution in [2.24, 2.45) is 0 Å². The molecule has 0 aliphatic carbocycles. The van der Waals surface area contributed by atoms with Crippen molar-refractivity contribution in [1.29, 1.82) is 0 Å². The fourth-order valence-electron chi connectivity index (χ4n) is 3.96. The first-order chi connectivity index (χ1) is 9.64. The highest BCUT2D eigenvalue weighted by atomic mass is 16.5. The minimum absolute atomic E-state index is 0.270. The molecule has 118 valence electrons. The maximum atomic E-state index is 5.74. The molecule has 0 aromatic carbocycles. The monoisotopic (exact) mass is 282 g/mol. The number of ether oxygens (including phenoxy) is 1. The summed E-state index contributed by atoms with van der Waals surface area (Å²) in [5.41, 5.74) is 0.270. The normalized spacial score (nSPS) is 26.9. The number of hydrogen-bond donors (Lipinski definition) is 1. The van der Waals surface area contributed by atoms with Crippen LogP contribution in [0.2, 0.25) is 0 Å². The number of likely N-dealkylation sites (tertiary alicyclic amines) is 1. The molecule has 2 atom stereocenters. The first-order valence-corrected chi connectivity index (χ1v) is 8.68. The van der Waals surface area contributed by atoms with E-state index in [1.165, 1.54) is 64.5 Å². The summed E-state index contributed by atoms with van der Waals surface area (Å²) < 4.78 is 5.74. The fraction of sp³-hybridized carbons (Fsp3) is 1.00. The standard InChI is InChI=1S/C17H34N2O/c1-17(2,19-12-5-4-6-13-19)16(18-3)11-7-9-15-10-8-14-20-15/h15-16,18H,4-14H2,1-3H3. The van der Waals surface area contributed by atoms with Crippen LogP contribution in [0.15, 0.2) is 0 Å². The van der Waals surface area contributed by atoms with Crippen molar-refractivity contribution in [3.8, 4) is 0 Å². The zero-order valence-corrected chi connectivity index (χ0v) is 13.8. The van der Waals surface area contributed by atoms with E-state index in [2.05, 4.69) is 31.1 Å². The van der Waals surface area contributed by atoms with Crippen molar-refractivity contribution in [3.05, 3.63) is 0 Å². The lowest BCUT2D eigenvalue weighted by Gasteiger charge is -2.46. The van der Waals surface area contributed by atoms with E-state index in [0.29, 0.717) is 12.1 Å². The lowest BCUT2D eigenvalue weighted by molar-refractivity contribution is 0.0562. The molecule has 2 fully saturated rings. The molecule has 3 nitrogen and oxygen atoms in total. The van der Waals surface area contributed by atoms with Gasteiger partial charge in [-0.05, 0) is 78.9 Å². The van der Waals surface area contributed by atoms with Gasteiger partial charge in [0.05, 0.1) is 6.10 Å². The molecule has 20 heavy (non-hydrogen) atoms. The van der Waals surface area contributed by atoms with Gasteiger partial charge in [-0.1, -0.05) is 6.42 Å². The quantitative estimate of drug-likeness (QED) is 0.776. The van der Waals surface area contributed by atoms with Crippen LogP contribution in [-0.2, 0) is 4.74 Å². The molecule has 0 spiro atoms. The molecule has 3 heteroatoms. The molecule has 2 heterocycles. The van der Waals surface area contributed by atoms with Gasteiger partial charge in [-0.15, -0.1) is 0 Å². The Kier molecular flexibility index (Phi) is 6.31. The van der Waals surface area contributed by atoms with Crippen LogP contribution in [0.3, 0.4) is 0 Å². The summed E-state index contributed by atoms with van der Waals surface area (Å²) in [5.74, 6) is 0. The van der Waals surface area contributed by atoms with E-state index in [1.54, 1.807) is 0 Å². The number of piperidine rings is 1. The molecular weight excluding hydrogens is 248 g/mol. The van der Waals surface area contributed by atoms with Gasteiger partial charge < -0.3 is 10.1 Å². The van der Waals surface area contributed by atoms with Crippen molar-refractivity contribution in [3.63, 3.8) is 0 Å². The molecule has 0 aromatic rings. The molecule has 2 saturated heterocycles. The molecule has 0 saturated carbocycles. The van der Waals surface area contributed by atoms with Gasteiger partial charge in [-0.2, -0.15) is 0 Å². The molecular formula is C17H34N2O. The van der Waals surface area contributed by atoms with Crippen LogP contribution in [0.25, 0.3) is 0 Å². The van der Waals surface area contributed by atoms with E-state index < -0.39 is 0 Å². The zero-order chi connectivity index (χ0) is 14.4. The van der Waals surface area contributed by atoms with Gasteiger partial charge in [0, 0.05) is 18.2 Å². The largest absolute Gasteiger partial charge is 0.378 e. The Labute approximate surface area is 125 Å². The van der Waals surface area contributed by atoms with Crippen molar-refractivity contribution in [1.82, 2.24) is 10.2 Å². The molecule has 0 amide bonds. The van der Waals surface area contributed by atoms with Crippen LogP contribution >= 0.6 is 0 Å². The van der Waals surface area contributed by atoms with Crippen molar-refractivity contribution in [2.45, 2.75) is 82.9 Å². The first kappa shape index (κ1) is 16.3. The molecule has 1 N–H and O–H groups in total. The number of rotatable bonds is 7. The van der Waals surface area contributed by atoms with E-state index in [4.69, 9.17) is 4.74 Å². The number of hydrogen-bond acceptors (Lipinski definition) is 3. The van der Waals surface area contributed by atoms with Gasteiger partial charge >= 0.3 is 0 Å². The van der Waals surface area contributed by atoms with Crippen molar-refractivity contribution >= 4 is 0 Å². The average molecular weight is 282 g/mol. The van der Waals surface area contributed by atoms with Crippen LogP contribution in [-0.4, -0.2) is 49.3 Å². The van der Waals surface area contributed by atoms with Gasteiger partial charge in [0.1, 0.15) is 0 Å². The van der Waals surface area contributed by atoms with E-state index in [1.807, 2.05) is 0 Å². The SMILES string of the molecule is CNC(CCCC1CCCO1)C(C)(C)N1CCCCC1. The van der Waals surface area contributed by atoms with Gasteiger partial charge in [-0.25, -0.2) is 0 Å². The summed E-state index contributed by atoms with van der Waals surface area (Å²) in [4.78, 5) is 2.70. The van der Waals surface area contributed by atoms with Crippen LogP contribution < -0.4 is 5.32 Å². The van der Waals surface area contributed by atoms with E-state index in [0.717, 1.165) is 6.61 Å². The van der Waals surface area contributed by atoms with E-state index >= 15 is 0 Å². The second-order valence-corrected chi connectivity index (χ2v) is 7.11. The molecule has 0 radical (unpaired) electrons. The number of likely N-dealkylation sites (N-methyl/N-ethyl adjacent to an activating group) is 1. The molecule has 2 unspecified atom stereocenters. The molecule has 2 rings (SSSR count). The second kappa shape index (κ2) is 7.77. The Morgan fingerprint density at radius 2 is 1.95 bits per heavy atom. The Hall–Kier alpha value is -0.120. The highest BCUT2D eigenvalue weighted by molar-refractivity contribution is 4.94. The third kappa shape index (κ3) is 4.19. The summed E-state index contributed by atoms with van der Waals surface area (Å²) in [7, 11) is 2.13. The van der Waals surface area contributed by atoms with Crippen LogP contribution in [0.1, 0.15) is 65.2 Å². The first-order valence-electron chi connectivity index (χ1n) is 8.68. The minimum Gasteiger partial charge on any atom is -0.378 e. The van der Waals surface area contributed by atoms with Gasteiger partial charge in [0.15, 0.2) is 0 Å². The summed E-state index contributed by atoms with van der Waals surface area (Å²) in [6.45, 7) is 8.38. The van der Waals surface area contributed by atoms with Gasteiger partial charge in [-0.3, -0.25) is 4.90 Å². The van der Waals surface area contributed by atoms with Crippen molar-refractivity contribution < 1.29 is 4.74 Å². The van der Waals surface area contributed by atoms with Crippen LogP contribution in [0.5, 0.6) is 0 Å². The Balaban J connectivity index is 1.78. The Bertz CT molecular complexity index is 268. The lowest BCUT2D eigenvalue weighted by Crippen LogP contribution is -2.58. The summed E-state index contributed by atoms with van der Waals surface area (Å²) in [5, 5.41) is 3.58. The van der Waals surface area contributed by atoms with E-state index in [-0.39, 0.29) is 5.54 Å². The summed E-state index contributed by atoms with van der Waals surface area (Å²) in [6, 6.07) is 0.585. The number of nitrogens with one attached hydrogen (secondary N) is 1. The lowest BCUT2D eigenvalue weighted by atomic mass is 9.86. The van der Waals surface area contributed by atoms with Gasteiger partial charge in [0.2, 0.25) is 0 Å². The fourth-order valence-corrected chi connectivity index (χ4v) is 3.96. The highest BCUT2D eigenvalue weighted by Crippen LogP contribution is 2.27. The molecule has 2 aliphatic rings. The summed E-state index contributed by atoms with van der Waals surface area (Å²) >= 11 is 0. The minimum atomic E-state index is 0.270. The van der Waals surface area contributed by atoms with E-state index in [9.17, 15) is 0 Å². The van der Waals surface area contributed by atoms with Gasteiger partial charge in [0.25, 0.3) is 0 Å². The smallest absolute Gasteiger partial charge is 0.0576 e. The van der Waals surface area contributed by atoms with Crippen LogP contribution in [0, 0.1) is 0 Å². The zero-order valence-electron chi connectivity index (χ0n) is 13.8. The topological polar surface area (TPSA) is 24.5 Å². The van der Waals surface area contributed by atoms with Crippen molar-refractivity contribution in [2.75, 3.05) is 26.7 Å². The van der Waals surface area contributed by atoms with Crippen LogP contribution in [0.4, 0.5) is 0 Å². The second-order valence-electron chi connectivity index (χ2n) is 7.11. The maximum absolute atomic E-state index is 5.74. The predicted octanol–water partition coefficient (Wildman–Crippen LogP) is 3.19. The molecule has 2 aliphatic heterocycles. The Morgan fingerprint density at radius 3 is 2.55 bits per heavy atom. The molecule has 0 aromatic heterocycles. The predicted molar refractivity (Wildman–Crippen MR) is 85.2 cm³/mol. The summed E-state index contributed by atoms with van der Waals surface area (Å²) in [6.07, 6.45) is 11.0. The number of nitrogens with zero attached hydrogens (tertiary/aromatic N) is 1. The molecule has 0 bridgehead atoms. The Morgan fingerprint density at radius 1 is 1.20 bits per heavy atom. The average Bonchev–Trinajstić information content (AvgIpc) is 2.97. The highest BCUT2D eigenvalue weighted by Gasteiger charge is 2.34. The third-order valence-corrected chi connectivity index (χ3v) is 5.42.